The lowest BCUT2D eigenvalue weighted by molar-refractivity contribution is -0.144. The van der Waals surface area contributed by atoms with Crippen molar-refractivity contribution in [2.24, 2.45) is 5.92 Å². The highest BCUT2D eigenvalue weighted by Gasteiger charge is 2.33. The molecule has 1 aliphatic heterocycles. The molecular weight excluding hydrogens is 250 g/mol. The Bertz CT molecular complexity index is 500. The highest BCUT2D eigenvalue weighted by molar-refractivity contribution is 5.70. The molecule has 3 rings (SSSR count). The summed E-state index contributed by atoms with van der Waals surface area (Å²) >= 11 is 0. The van der Waals surface area contributed by atoms with Gasteiger partial charge in [0.15, 0.2) is 0 Å². The molecule has 1 aromatic carbocycles. The Labute approximate surface area is 120 Å². The van der Waals surface area contributed by atoms with E-state index in [1.807, 2.05) is 0 Å². The molecule has 1 fully saturated rings. The maximum absolute atomic E-state index is 11.3. The van der Waals surface area contributed by atoms with Gasteiger partial charge in [0, 0.05) is 12.6 Å². The third-order valence-corrected chi connectivity index (χ3v) is 5.00. The van der Waals surface area contributed by atoms with Crippen LogP contribution >= 0.6 is 0 Å². The molecule has 20 heavy (non-hydrogen) atoms. The van der Waals surface area contributed by atoms with E-state index < -0.39 is 5.97 Å². The summed E-state index contributed by atoms with van der Waals surface area (Å²) in [6, 6.07) is 9.13. The van der Waals surface area contributed by atoms with Gasteiger partial charge < -0.3 is 5.11 Å². The summed E-state index contributed by atoms with van der Waals surface area (Å²) in [7, 11) is 0. The summed E-state index contributed by atoms with van der Waals surface area (Å²) in [5.74, 6) is -0.190. The Hall–Kier alpha value is -1.35. The molecule has 0 saturated carbocycles. The molecule has 3 unspecified atom stereocenters. The van der Waals surface area contributed by atoms with Crippen molar-refractivity contribution in [3.8, 4) is 0 Å². The normalized spacial score (nSPS) is 30.8. The largest absolute Gasteiger partial charge is 0.481 e. The van der Waals surface area contributed by atoms with Gasteiger partial charge in [0.25, 0.3) is 0 Å². The predicted molar refractivity (Wildman–Crippen MR) is 78.8 cm³/mol. The van der Waals surface area contributed by atoms with Crippen molar-refractivity contribution in [3.63, 3.8) is 0 Å². The molecule has 1 N–H and O–H groups in total. The van der Waals surface area contributed by atoms with E-state index in [9.17, 15) is 9.90 Å². The van der Waals surface area contributed by atoms with Crippen LogP contribution in [0.3, 0.4) is 0 Å². The topological polar surface area (TPSA) is 40.5 Å². The van der Waals surface area contributed by atoms with Gasteiger partial charge in [0.05, 0.1) is 5.92 Å². The number of aliphatic carboxylic acids is 1. The zero-order valence-electron chi connectivity index (χ0n) is 12.1. The van der Waals surface area contributed by atoms with Crippen LogP contribution in [-0.4, -0.2) is 29.1 Å². The van der Waals surface area contributed by atoms with E-state index in [2.05, 4.69) is 36.1 Å². The quantitative estimate of drug-likeness (QED) is 0.897. The number of piperidine rings is 1. The summed E-state index contributed by atoms with van der Waals surface area (Å²) in [4.78, 5) is 13.7. The predicted octanol–water partition coefficient (Wildman–Crippen LogP) is 3.42. The van der Waals surface area contributed by atoms with E-state index in [-0.39, 0.29) is 5.92 Å². The number of carboxylic acids is 1. The average molecular weight is 273 g/mol. The molecule has 0 spiro atoms. The Kier molecular flexibility index (Phi) is 3.79. The van der Waals surface area contributed by atoms with Gasteiger partial charge in [-0.05, 0) is 49.3 Å². The standard InChI is InChI=1S/C17H23NO2/c1-12-8-9-16(15-7-3-2-6-14(12)15)18-10-4-5-13(11-18)17(19)20/h2-3,6-7,12-13,16H,4-5,8-11H2,1H3,(H,19,20). The van der Waals surface area contributed by atoms with E-state index in [1.54, 1.807) is 0 Å². The van der Waals surface area contributed by atoms with Gasteiger partial charge >= 0.3 is 5.97 Å². The van der Waals surface area contributed by atoms with Crippen molar-refractivity contribution in [1.82, 2.24) is 4.90 Å². The zero-order valence-corrected chi connectivity index (χ0v) is 12.1. The first-order valence-corrected chi connectivity index (χ1v) is 7.72. The Morgan fingerprint density at radius 1 is 1.20 bits per heavy atom. The number of carboxylic acid groups (broad SMARTS) is 1. The lowest BCUT2D eigenvalue weighted by Gasteiger charge is -2.41. The Morgan fingerprint density at radius 2 is 1.95 bits per heavy atom. The average Bonchev–Trinajstić information content (AvgIpc) is 2.48. The van der Waals surface area contributed by atoms with Gasteiger partial charge in [0.2, 0.25) is 0 Å². The van der Waals surface area contributed by atoms with Crippen molar-refractivity contribution in [2.45, 2.75) is 44.6 Å². The van der Waals surface area contributed by atoms with Gasteiger partial charge in [-0.2, -0.15) is 0 Å². The molecule has 0 aromatic heterocycles. The summed E-state index contributed by atoms with van der Waals surface area (Å²) in [6.45, 7) is 4.05. The number of carbonyl (C=O) groups is 1. The molecule has 3 atom stereocenters. The van der Waals surface area contributed by atoms with E-state index in [1.165, 1.54) is 17.5 Å². The molecule has 108 valence electrons. The van der Waals surface area contributed by atoms with E-state index in [4.69, 9.17) is 0 Å². The molecule has 3 nitrogen and oxygen atoms in total. The second-order valence-corrected chi connectivity index (χ2v) is 6.30. The minimum absolute atomic E-state index is 0.185. The second-order valence-electron chi connectivity index (χ2n) is 6.30. The number of nitrogens with zero attached hydrogens (tertiary/aromatic N) is 1. The molecule has 1 heterocycles. The minimum Gasteiger partial charge on any atom is -0.481 e. The first-order chi connectivity index (χ1) is 9.66. The molecule has 2 aliphatic rings. The third-order valence-electron chi connectivity index (χ3n) is 5.00. The van der Waals surface area contributed by atoms with Crippen molar-refractivity contribution in [3.05, 3.63) is 35.4 Å². The number of rotatable bonds is 2. The maximum Gasteiger partial charge on any atom is 0.307 e. The summed E-state index contributed by atoms with van der Waals surface area (Å²) < 4.78 is 0. The summed E-state index contributed by atoms with van der Waals surface area (Å²) in [5, 5.41) is 9.27. The molecule has 1 saturated heterocycles. The van der Waals surface area contributed by atoms with Gasteiger partial charge in [-0.3, -0.25) is 9.69 Å². The summed E-state index contributed by atoms with van der Waals surface area (Å²) in [6.07, 6.45) is 4.20. The molecule has 0 amide bonds. The second kappa shape index (κ2) is 5.57. The highest BCUT2D eigenvalue weighted by atomic mass is 16.4. The van der Waals surface area contributed by atoms with Crippen molar-refractivity contribution in [2.75, 3.05) is 13.1 Å². The zero-order chi connectivity index (χ0) is 14.1. The van der Waals surface area contributed by atoms with Crippen LogP contribution in [0.25, 0.3) is 0 Å². The number of benzene rings is 1. The molecular formula is C17H23NO2. The van der Waals surface area contributed by atoms with E-state index >= 15 is 0 Å². The number of hydrogen-bond acceptors (Lipinski definition) is 2. The van der Waals surface area contributed by atoms with Crippen LogP contribution in [0.5, 0.6) is 0 Å². The van der Waals surface area contributed by atoms with Crippen molar-refractivity contribution >= 4 is 5.97 Å². The van der Waals surface area contributed by atoms with Crippen LogP contribution in [-0.2, 0) is 4.79 Å². The number of hydrogen-bond donors (Lipinski definition) is 1. The SMILES string of the molecule is CC1CCC(N2CCCC(C(=O)O)C2)c2ccccc21. The number of likely N-dealkylation sites (tertiary alicyclic amines) is 1. The highest BCUT2D eigenvalue weighted by Crippen LogP contribution is 2.41. The van der Waals surface area contributed by atoms with Crippen LogP contribution in [0.1, 0.15) is 55.7 Å². The van der Waals surface area contributed by atoms with Gasteiger partial charge in [-0.25, -0.2) is 0 Å². The van der Waals surface area contributed by atoms with E-state index in [0.717, 1.165) is 25.8 Å². The van der Waals surface area contributed by atoms with Gasteiger partial charge in [0.1, 0.15) is 0 Å². The van der Waals surface area contributed by atoms with Crippen LogP contribution in [0.2, 0.25) is 0 Å². The minimum atomic E-state index is -0.632. The fourth-order valence-corrected chi connectivity index (χ4v) is 3.85. The van der Waals surface area contributed by atoms with Crippen LogP contribution in [0.4, 0.5) is 0 Å². The third kappa shape index (κ3) is 2.47. The fourth-order valence-electron chi connectivity index (χ4n) is 3.85. The van der Waals surface area contributed by atoms with E-state index in [0.29, 0.717) is 18.5 Å². The first-order valence-electron chi connectivity index (χ1n) is 7.72. The molecule has 0 radical (unpaired) electrons. The van der Waals surface area contributed by atoms with Crippen LogP contribution < -0.4 is 0 Å². The molecule has 1 aliphatic carbocycles. The molecule has 1 aromatic rings. The monoisotopic (exact) mass is 273 g/mol. The van der Waals surface area contributed by atoms with Crippen molar-refractivity contribution < 1.29 is 9.90 Å². The Morgan fingerprint density at radius 3 is 2.70 bits per heavy atom. The number of fused-ring (bicyclic) bond motifs is 1. The van der Waals surface area contributed by atoms with Gasteiger partial charge in [-0.1, -0.05) is 31.2 Å². The van der Waals surface area contributed by atoms with Crippen molar-refractivity contribution in [1.29, 1.82) is 0 Å². The lowest BCUT2D eigenvalue weighted by atomic mass is 9.79. The van der Waals surface area contributed by atoms with Crippen LogP contribution in [0, 0.1) is 5.92 Å². The fraction of sp³-hybridized carbons (Fsp3) is 0.588. The molecule has 0 bridgehead atoms. The maximum atomic E-state index is 11.3. The van der Waals surface area contributed by atoms with Gasteiger partial charge in [-0.15, -0.1) is 0 Å². The smallest absolute Gasteiger partial charge is 0.307 e. The lowest BCUT2D eigenvalue weighted by Crippen LogP contribution is -2.42. The first kappa shape index (κ1) is 13.6. The van der Waals surface area contributed by atoms with Crippen LogP contribution in [0.15, 0.2) is 24.3 Å². The molecule has 3 heteroatoms. The summed E-state index contributed by atoms with van der Waals surface area (Å²) in [5.41, 5.74) is 2.89. The Balaban J connectivity index is 1.84.